The lowest BCUT2D eigenvalue weighted by molar-refractivity contribution is 0.126. The van der Waals surface area contributed by atoms with Crippen LogP contribution in [0.1, 0.15) is 51.3 Å². The second-order valence-electron chi connectivity index (χ2n) is 9.37. The summed E-state index contributed by atoms with van der Waals surface area (Å²) < 4.78 is 0. The van der Waals surface area contributed by atoms with Crippen molar-refractivity contribution in [2.45, 2.75) is 59.5 Å². The van der Waals surface area contributed by atoms with Gasteiger partial charge in [-0.1, -0.05) is 32.4 Å². The van der Waals surface area contributed by atoms with Crippen molar-refractivity contribution in [2.75, 3.05) is 6.54 Å². The van der Waals surface area contributed by atoms with Gasteiger partial charge in [0.1, 0.15) is 0 Å². The number of pyridine rings is 1. The van der Waals surface area contributed by atoms with Crippen LogP contribution in [0.5, 0.6) is 0 Å². The minimum atomic E-state index is 0.125. The molecule has 2 bridgehead atoms. The Balaban J connectivity index is 1.71. The Kier molecular flexibility index (Phi) is 3.82. The van der Waals surface area contributed by atoms with Gasteiger partial charge in [0.05, 0.1) is 0 Å². The lowest BCUT2D eigenvalue weighted by Crippen LogP contribution is -2.35. The summed E-state index contributed by atoms with van der Waals surface area (Å²) in [6.45, 7) is 11.0. The van der Waals surface area contributed by atoms with Gasteiger partial charge in [0, 0.05) is 46.3 Å². The number of hydrogen-bond acceptors (Lipinski definition) is 2. The molecule has 2 aromatic rings. The van der Waals surface area contributed by atoms with Gasteiger partial charge >= 0.3 is 0 Å². The monoisotopic (exact) mass is 358 g/mol. The molecule has 2 atom stereocenters. The van der Waals surface area contributed by atoms with E-state index in [2.05, 4.69) is 30.7 Å². The van der Waals surface area contributed by atoms with Gasteiger partial charge in [-0.15, -0.1) is 0 Å². The molecular weight excluding hydrogens is 332 g/mol. The number of hydrogen-bond donors (Lipinski definition) is 1. The van der Waals surface area contributed by atoms with Crippen molar-refractivity contribution >= 4 is 22.5 Å². The van der Waals surface area contributed by atoms with Crippen LogP contribution in [0.2, 0.25) is 5.02 Å². The van der Waals surface area contributed by atoms with Crippen LogP contribution in [0.25, 0.3) is 10.9 Å². The molecular formula is C21H27ClN2O. The fourth-order valence-electron chi connectivity index (χ4n) is 5.58. The first-order valence-electron chi connectivity index (χ1n) is 9.21. The van der Waals surface area contributed by atoms with Crippen LogP contribution in [0.15, 0.2) is 23.0 Å². The number of halogens is 1. The fraction of sp³-hybridized carbons (Fsp3) is 0.571. The van der Waals surface area contributed by atoms with E-state index in [-0.39, 0.29) is 5.43 Å². The molecule has 4 heteroatoms. The van der Waals surface area contributed by atoms with Gasteiger partial charge in [-0.2, -0.15) is 0 Å². The smallest absolute Gasteiger partial charge is 0.194 e. The standard InChI is InChI=1S/C21H27ClN2O/c1-13-17(19(25)16-7-14(22)5-6-18(16)23-13)10-24-12-21(4)9-15(24)8-20(2,3)11-21/h5-7,15H,8-12H2,1-4H3,(H,23,25). The maximum Gasteiger partial charge on any atom is 0.194 e. The van der Waals surface area contributed by atoms with Crippen molar-refractivity contribution < 1.29 is 0 Å². The van der Waals surface area contributed by atoms with Crippen molar-refractivity contribution in [3.63, 3.8) is 0 Å². The fourth-order valence-corrected chi connectivity index (χ4v) is 5.75. The van der Waals surface area contributed by atoms with Gasteiger partial charge in [-0.05, 0) is 55.2 Å². The zero-order valence-electron chi connectivity index (χ0n) is 15.6. The van der Waals surface area contributed by atoms with E-state index >= 15 is 0 Å². The van der Waals surface area contributed by atoms with Gasteiger partial charge in [0.15, 0.2) is 5.43 Å². The number of aromatic nitrogens is 1. The molecule has 0 amide bonds. The van der Waals surface area contributed by atoms with Crippen LogP contribution in [-0.4, -0.2) is 22.5 Å². The molecule has 134 valence electrons. The van der Waals surface area contributed by atoms with Crippen LogP contribution in [0, 0.1) is 17.8 Å². The van der Waals surface area contributed by atoms with Gasteiger partial charge in [0.25, 0.3) is 0 Å². The molecule has 0 radical (unpaired) electrons. The number of likely N-dealkylation sites (tertiary alicyclic amines) is 1. The topological polar surface area (TPSA) is 36.1 Å². The number of aromatic amines is 1. The highest BCUT2D eigenvalue weighted by atomic mass is 35.5. The van der Waals surface area contributed by atoms with Crippen LogP contribution in [-0.2, 0) is 6.54 Å². The normalized spacial score (nSPS) is 28.6. The average molecular weight is 359 g/mol. The molecule has 2 unspecified atom stereocenters. The van der Waals surface area contributed by atoms with E-state index in [4.69, 9.17) is 11.6 Å². The highest BCUT2D eigenvalue weighted by Gasteiger charge is 2.49. The Labute approximate surface area is 154 Å². The summed E-state index contributed by atoms with van der Waals surface area (Å²) in [7, 11) is 0. The van der Waals surface area contributed by atoms with Crippen LogP contribution >= 0.6 is 11.6 Å². The van der Waals surface area contributed by atoms with Gasteiger partial charge in [-0.25, -0.2) is 0 Å². The Bertz CT molecular complexity index is 901. The number of aryl methyl sites for hydroxylation is 1. The van der Waals surface area contributed by atoms with E-state index in [0.29, 0.717) is 27.3 Å². The Morgan fingerprint density at radius 2 is 2.04 bits per heavy atom. The molecule has 25 heavy (non-hydrogen) atoms. The second-order valence-corrected chi connectivity index (χ2v) is 9.80. The number of nitrogens with zero attached hydrogens (tertiary/aromatic N) is 1. The third-order valence-electron chi connectivity index (χ3n) is 6.16. The van der Waals surface area contributed by atoms with E-state index in [1.54, 1.807) is 6.07 Å². The van der Waals surface area contributed by atoms with E-state index in [9.17, 15) is 4.79 Å². The zero-order valence-corrected chi connectivity index (χ0v) is 16.3. The van der Waals surface area contributed by atoms with Gasteiger partial charge in [-0.3, -0.25) is 9.69 Å². The zero-order chi connectivity index (χ0) is 18.0. The molecule has 1 saturated carbocycles. The molecule has 1 aromatic carbocycles. The molecule has 2 heterocycles. The van der Waals surface area contributed by atoms with Gasteiger partial charge in [0.2, 0.25) is 0 Å². The van der Waals surface area contributed by atoms with E-state index < -0.39 is 0 Å². The minimum absolute atomic E-state index is 0.125. The van der Waals surface area contributed by atoms with E-state index in [0.717, 1.165) is 29.9 Å². The first-order chi connectivity index (χ1) is 11.7. The molecule has 1 aliphatic carbocycles. The maximum atomic E-state index is 13.1. The van der Waals surface area contributed by atoms with Crippen molar-refractivity contribution in [3.05, 3.63) is 44.7 Å². The Morgan fingerprint density at radius 1 is 1.28 bits per heavy atom. The van der Waals surface area contributed by atoms with Crippen LogP contribution < -0.4 is 5.43 Å². The highest BCUT2D eigenvalue weighted by molar-refractivity contribution is 6.31. The summed E-state index contributed by atoms with van der Waals surface area (Å²) in [5, 5.41) is 1.31. The van der Waals surface area contributed by atoms with E-state index in [1.165, 1.54) is 19.3 Å². The summed E-state index contributed by atoms with van der Waals surface area (Å²) in [4.78, 5) is 19.0. The molecule has 1 aromatic heterocycles. The number of rotatable bonds is 2. The summed E-state index contributed by atoms with van der Waals surface area (Å²) in [5.74, 6) is 0. The maximum absolute atomic E-state index is 13.1. The predicted molar refractivity (Wildman–Crippen MR) is 104 cm³/mol. The Morgan fingerprint density at radius 3 is 2.80 bits per heavy atom. The minimum Gasteiger partial charge on any atom is -0.358 e. The first-order valence-corrected chi connectivity index (χ1v) is 9.59. The highest BCUT2D eigenvalue weighted by Crippen LogP contribution is 2.52. The van der Waals surface area contributed by atoms with Crippen LogP contribution in [0.4, 0.5) is 0 Å². The average Bonchev–Trinajstić information content (AvgIpc) is 2.73. The molecule has 4 rings (SSSR count). The number of H-pyrrole nitrogens is 1. The molecule has 2 aliphatic rings. The number of fused-ring (bicyclic) bond motifs is 3. The molecule has 1 N–H and O–H groups in total. The lowest BCUT2D eigenvalue weighted by atomic mass is 9.65. The van der Waals surface area contributed by atoms with Crippen molar-refractivity contribution in [2.24, 2.45) is 10.8 Å². The van der Waals surface area contributed by atoms with Gasteiger partial charge < -0.3 is 4.98 Å². The molecule has 1 aliphatic heterocycles. The Hall–Kier alpha value is -1.32. The SMILES string of the molecule is Cc1[nH]c2ccc(Cl)cc2c(=O)c1CN1CC2(C)CC1CC(C)(C)C2. The first kappa shape index (κ1) is 17.1. The van der Waals surface area contributed by atoms with Crippen molar-refractivity contribution in [1.82, 2.24) is 9.88 Å². The van der Waals surface area contributed by atoms with E-state index in [1.807, 2.05) is 19.1 Å². The quantitative estimate of drug-likeness (QED) is 0.829. The number of nitrogens with one attached hydrogen (secondary N) is 1. The molecule has 0 spiro atoms. The lowest BCUT2D eigenvalue weighted by Gasteiger charge is -2.40. The van der Waals surface area contributed by atoms with Crippen LogP contribution in [0.3, 0.4) is 0 Å². The van der Waals surface area contributed by atoms with Crippen molar-refractivity contribution in [3.8, 4) is 0 Å². The largest absolute Gasteiger partial charge is 0.358 e. The molecule has 3 nitrogen and oxygen atoms in total. The second kappa shape index (κ2) is 5.59. The summed E-state index contributed by atoms with van der Waals surface area (Å²) in [6, 6.07) is 6.08. The summed E-state index contributed by atoms with van der Waals surface area (Å²) in [6.07, 6.45) is 3.75. The molecule has 1 saturated heterocycles. The third-order valence-corrected chi connectivity index (χ3v) is 6.39. The third kappa shape index (κ3) is 3.02. The summed E-state index contributed by atoms with van der Waals surface area (Å²) in [5.41, 5.74) is 3.64. The summed E-state index contributed by atoms with van der Waals surface area (Å²) >= 11 is 6.11. The molecule has 2 fully saturated rings. The van der Waals surface area contributed by atoms with Crippen molar-refractivity contribution in [1.29, 1.82) is 0 Å². The number of benzene rings is 1. The predicted octanol–water partition coefficient (Wildman–Crippen LogP) is 4.89.